The van der Waals surface area contributed by atoms with Crippen LogP contribution in [0.3, 0.4) is 0 Å². The second-order valence-electron chi connectivity index (χ2n) is 6.97. The molecule has 9 heteroatoms. The lowest BCUT2D eigenvalue weighted by atomic mass is 10.2. The standard InChI is InChI=1S/C23H20Cl2N4O2S/c24-18-8-9-20(25)21(11-18)31-14-19(30)15-32-23-28-27-22(17-7-4-10-26-12-17)29(23)13-16-5-2-1-3-6-16/h1-12,19,30H,13-15H2. The Morgan fingerprint density at radius 2 is 1.88 bits per heavy atom. The number of hydrogen-bond acceptors (Lipinski definition) is 6. The van der Waals surface area contributed by atoms with E-state index in [1.165, 1.54) is 11.8 Å². The first-order chi connectivity index (χ1) is 15.6. The van der Waals surface area contributed by atoms with Crippen LogP contribution in [0.1, 0.15) is 5.56 Å². The van der Waals surface area contributed by atoms with Crippen LogP contribution in [0.4, 0.5) is 0 Å². The molecule has 4 aromatic rings. The zero-order valence-electron chi connectivity index (χ0n) is 16.9. The lowest BCUT2D eigenvalue weighted by Crippen LogP contribution is -2.20. The second-order valence-corrected chi connectivity index (χ2v) is 8.80. The van der Waals surface area contributed by atoms with Crippen LogP contribution in [0.25, 0.3) is 11.4 Å². The van der Waals surface area contributed by atoms with E-state index in [-0.39, 0.29) is 6.61 Å². The normalized spacial score (nSPS) is 12.0. The molecule has 0 aliphatic heterocycles. The molecule has 0 radical (unpaired) electrons. The molecule has 0 bridgehead atoms. The van der Waals surface area contributed by atoms with E-state index in [2.05, 4.69) is 27.3 Å². The minimum absolute atomic E-state index is 0.0787. The van der Waals surface area contributed by atoms with E-state index in [4.69, 9.17) is 27.9 Å². The van der Waals surface area contributed by atoms with Gasteiger partial charge in [-0.1, -0.05) is 65.3 Å². The van der Waals surface area contributed by atoms with Gasteiger partial charge in [-0.15, -0.1) is 10.2 Å². The molecule has 164 valence electrons. The second kappa shape index (κ2) is 10.8. The van der Waals surface area contributed by atoms with Gasteiger partial charge in [0.2, 0.25) is 0 Å². The van der Waals surface area contributed by atoms with Gasteiger partial charge in [0, 0.05) is 34.8 Å². The van der Waals surface area contributed by atoms with Gasteiger partial charge >= 0.3 is 0 Å². The average Bonchev–Trinajstić information content (AvgIpc) is 3.22. The summed E-state index contributed by atoms with van der Waals surface area (Å²) in [6.45, 7) is 0.681. The molecule has 2 aromatic carbocycles. The molecular formula is C23H20Cl2N4O2S. The molecule has 1 atom stereocenters. The predicted octanol–water partition coefficient (Wildman–Crippen LogP) is 5.23. The highest BCUT2D eigenvalue weighted by atomic mass is 35.5. The Hall–Kier alpha value is -2.58. The maximum Gasteiger partial charge on any atom is 0.191 e. The van der Waals surface area contributed by atoms with E-state index in [0.717, 1.165) is 17.0 Å². The van der Waals surface area contributed by atoms with Gasteiger partial charge in [0.25, 0.3) is 0 Å². The SMILES string of the molecule is OC(COc1cc(Cl)ccc1Cl)CSc1nnc(-c2cccnc2)n1Cc1ccccc1. The number of hydrogen-bond donors (Lipinski definition) is 1. The summed E-state index contributed by atoms with van der Waals surface area (Å²) in [5, 5.41) is 20.9. The van der Waals surface area contributed by atoms with E-state index in [1.807, 2.05) is 34.9 Å². The fourth-order valence-corrected chi connectivity index (χ4v) is 4.18. The maximum absolute atomic E-state index is 10.4. The van der Waals surface area contributed by atoms with Crippen molar-refractivity contribution in [3.63, 3.8) is 0 Å². The van der Waals surface area contributed by atoms with Gasteiger partial charge in [0.1, 0.15) is 12.4 Å². The molecule has 2 heterocycles. The van der Waals surface area contributed by atoms with Crippen molar-refractivity contribution in [2.45, 2.75) is 17.8 Å². The van der Waals surface area contributed by atoms with Gasteiger partial charge in [0.15, 0.2) is 11.0 Å². The summed E-state index contributed by atoms with van der Waals surface area (Å²) in [5.41, 5.74) is 2.00. The Kier molecular flexibility index (Phi) is 7.65. The summed E-state index contributed by atoms with van der Waals surface area (Å²) in [6, 6.07) is 18.9. The Labute approximate surface area is 200 Å². The first kappa shape index (κ1) is 22.6. The van der Waals surface area contributed by atoms with Gasteiger partial charge < -0.3 is 9.84 Å². The van der Waals surface area contributed by atoms with Gasteiger partial charge in [-0.25, -0.2) is 0 Å². The van der Waals surface area contributed by atoms with Crippen molar-refractivity contribution in [1.29, 1.82) is 0 Å². The van der Waals surface area contributed by atoms with E-state index >= 15 is 0 Å². The van der Waals surface area contributed by atoms with Crippen LogP contribution < -0.4 is 4.74 Å². The van der Waals surface area contributed by atoms with E-state index < -0.39 is 6.10 Å². The highest BCUT2D eigenvalue weighted by Gasteiger charge is 2.17. The first-order valence-corrected chi connectivity index (χ1v) is 11.6. The average molecular weight is 487 g/mol. The lowest BCUT2D eigenvalue weighted by molar-refractivity contribution is 0.126. The summed E-state index contributed by atoms with van der Waals surface area (Å²) < 4.78 is 7.66. The van der Waals surface area contributed by atoms with Crippen LogP contribution in [-0.2, 0) is 6.54 Å². The molecule has 0 saturated heterocycles. The van der Waals surface area contributed by atoms with E-state index in [1.54, 1.807) is 30.6 Å². The highest BCUT2D eigenvalue weighted by molar-refractivity contribution is 7.99. The Balaban J connectivity index is 1.46. The van der Waals surface area contributed by atoms with Crippen molar-refractivity contribution in [3.8, 4) is 17.1 Å². The monoisotopic (exact) mass is 486 g/mol. The Bertz CT molecular complexity index is 1160. The first-order valence-electron chi connectivity index (χ1n) is 9.86. The highest BCUT2D eigenvalue weighted by Crippen LogP contribution is 2.29. The maximum atomic E-state index is 10.4. The van der Waals surface area contributed by atoms with E-state index in [9.17, 15) is 5.11 Å². The van der Waals surface area contributed by atoms with Gasteiger partial charge in [-0.3, -0.25) is 9.55 Å². The number of aliphatic hydroxyl groups is 1. The van der Waals surface area contributed by atoms with Crippen LogP contribution in [-0.4, -0.2) is 43.3 Å². The third-order valence-corrected chi connectivity index (χ3v) is 6.21. The summed E-state index contributed by atoms with van der Waals surface area (Å²) in [4.78, 5) is 4.19. The molecule has 0 aliphatic carbocycles. The quantitative estimate of drug-likeness (QED) is 0.326. The number of benzene rings is 2. The minimum Gasteiger partial charge on any atom is -0.489 e. The summed E-state index contributed by atoms with van der Waals surface area (Å²) in [7, 11) is 0. The molecule has 0 spiro atoms. The zero-order valence-corrected chi connectivity index (χ0v) is 19.3. The number of aromatic nitrogens is 4. The molecule has 6 nitrogen and oxygen atoms in total. The number of ether oxygens (including phenoxy) is 1. The molecule has 0 saturated carbocycles. The number of thioether (sulfide) groups is 1. The predicted molar refractivity (Wildman–Crippen MR) is 127 cm³/mol. The number of aliphatic hydroxyl groups excluding tert-OH is 1. The third kappa shape index (κ3) is 5.81. The van der Waals surface area contributed by atoms with Crippen molar-refractivity contribution in [2.24, 2.45) is 0 Å². The summed E-state index contributed by atoms with van der Waals surface area (Å²) in [6.07, 6.45) is 2.75. The van der Waals surface area contributed by atoms with Crippen LogP contribution in [0.2, 0.25) is 10.0 Å². The summed E-state index contributed by atoms with van der Waals surface area (Å²) in [5.74, 6) is 1.54. The molecule has 1 N–H and O–H groups in total. The van der Waals surface area contributed by atoms with Crippen LogP contribution in [0.15, 0.2) is 78.2 Å². The van der Waals surface area contributed by atoms with Gasteiger partial charge in [-0.2, -0.15) is 0 Å². The molecule has 0 fully saturated rings. The third-order valence-electron chi connectivity index (χ3n) is 4.55. The molecular weight excluding hydrogens is 467 g/mol. The van der Waals surface area contributed by atoms with Crippen molar-refractivity contribution in [2.75, 3.05) is 12.4 Å². The fraction of sp³-hybridized carbons (Fsp3) is 0.174. The topological polar surface area (TPSA) is 73.1 Å². The van der Waals surface area contributed by atoms with Crippen molar-refractivity contribution in [1.82, 2.24) is 19.7 Å². The van der Waals surface area contributed by atoms with Crippen LogP contribution >= 0.6 is 35.0 Å². The molecule has 0 aliphatic rings. The van der Waals surface area contributed by atoms with Gasteiger partial charge in [-0.05, 0) is 29.8 Å². The van der Waals surface area contributed by atoms with Crippen LogP contribution in [0.5, 0.6) is 5.75 Å². The molecule has 32 heavy (non-hydrogen) atoms. The smallest absolute Gasteiger partial charge is 0.191 e. The zero-order chi connectivity index (χ0) is 22.3. The lowest BCUT2D eigenvalue weighted by Gasteiger charge is -2.14. The van der Waals surface area contributed by atoms with E-state index in [0.29, 0.717) is 33.2 Å². The number of rotatable bonds is 9. The molecule has 0 amide bonds. The largest absolute Gasteiger partial charge is 0.489 e. The fourth-order valence-electron chi connectivity index (χ4n) is 3.01. The number of nitrogens with zero attached hydrogens (tertiary/aromatic N) is 4. The van der Waals surface area contributed by atoms with Crippen molar-refractivity contribution in [3.05, 3.63) is 88.7 Å². The molecule has 4 rings (SSSR count). The number of halogens is 2. The Morgan fingerprint density at radius 3 is 2.66 bits per heavy atom. The molecule has 1 unspecified atom stereocenters. The minimum atomic E-state index is -0.737. The Morgan fingerprint density at radius 1 is 1.03 bits per heavy atom. The van der Waals surface area contributed by atoms with Gasteiger partial charge in [0.05, 0.1) is 17.7 Å². The van der Waals surface area contributed by atoms with Crippen molar-refractivity contribution < 1.29 is 9.84 Å². The number of pyridine rings is 1. The summed E-state index contributed by atoms with van der Waals surface area (Å²) >= 11 is 13.5. The molecule has 2 aromatic heterocycles. The van der Waals surface area contributed by atoms with Crippen molar-refractivity contribution >= 4 is 35.0 Å². The van der Waals surface area contributed by atoms with Crippen LogP contribution in [0, 0.1) is 0 Å².